The van der Waals surface area contributed by atoms with Crippen LogP contribution in [0.1, 0.15) is 12.7 Å². The molecule has 2 heterocycles. The third kappa shape index (κ3) is 9.72. The number of rotatable bonds is 9. The fourth-order valence-corrected chi connectivity index (χ4v) is 2.61. The summed E-state index contributed by atoms with van der Waals surface area (Å²) in [5.41, 5.74) is 0. The van der Waals surface area contributed by atoms with Crippen molar-refractivity contribution in [2.75, 3.05) is 58.7 Å². The Morgan fingerprint density at radius 1 is 1.32 bits per heavy atom. The van der Waals surface area contributed by atoms with E-state index in [1.165, 1.54) is 0 Å². The van der Waals surface area contributed by atoms with Crippen LogP contribution in [0.4, 0.5) is 0 Å². The number of furan rings is 1. The van der Waals surface area contributed by atoms with Crippen LogP contribution < -0.4 is 10.6 Å². The molecule has 2 N–H and O–H groups in total. The van der Waals surface area contributed by atoms with E-state index in [9.17, 15) is 0 Å². The summed E-state index contributed by atoms with van der Waals surface area (Å²) in [6.07, 6.45) is 4.69. The van der Waals surface area contributed by atoms with Crippen molar-refractivity contribution < 1.29 is 9.15 Å². The van der Waals surface area contributed by atoms with Crippen molar-refractivity contribution in [2.45, 2.75) is 18.6 Å². The summed E-state index contributed by atoms with van der Waals surface area (Å²) < 4.78 is 10.8. The third-order valence-electron chi connectivity index (χ3n) is 3.98. The van der Waals surface area contributed by atoms with Crippen LogP contribution in [0.3, 0.4) is 0 Å². The molecule has 1 aromatic heterocycles. The summed E-state index contributed by atoms with van der Waals surface area (Å²) in [4.78, 5) is 7.11. The van der Waals surface area contributed by atoms with Gasteiger partial charge in [-0.2, -0.15) is 11.8 Å². The van der Waals surface area contributed by atoms with Gasteiger partial charge >= 0.3 is 0 Å². The smallest absolute Gasteiger partial charge is 0.191 e. The molecule has 0 spiro atoms. The quantitative estimate of drug-likeness (QED) is 0.319. The number of hydrogen-bond acceptors (Lipinski definition) is 5. The first-order chi connectivity index (χ1) is 11.8. The highest BCUT2D eigenvalue weighted by Crippen LogP contribution is 2.04. The third-order valence-corrected chi connectivity index (χ3v) is 4.93. The maximum Gasteiger partial charge on any atom is 0.191 e. The molecule has 8 heteroatoms. The zero-order valence-corrected chi connectivity index (χ0v) is 18.3. The molecule has 1 aliphatic rings. The molecule has 0 bridgehead atoms. The van der Waals surface area contributed by atoms with Gasteiger partial charge in [0.25, 0.3) is 0 Å². The molecule has 1 atom stereocenters. The topological polar surface area (TPSA) is 62.0 Å². The van der Waals surface area contributed by atoms with Crippen LogP contribution in [0.15, 0.2) is 27.8 Å². The van der Waals surface area contributed by atoms with Gasteiger partial charge in [0.15, 0.2) is 5.96 Å². The number of nitrogens with one attached hydrogen (secondary N) is 2. The normalized spacial score (nSPS) is 17.0. The summed E-state index contributed by atoms with van der Waals surface area (Å²) >= 11 is 1.84. The fraction of sp³-hybridized carbons (Fsp3) is 0.706. The fourth-order valence-electron chi connectivity index (χ4n) is 2.38. The Bertz CT molecular complexity index is 467. The van der Waals surface area contributed by atoms with Gasteiger partial charge in [-0.1, -0.05) is 6.92 Å². The van der Waals surface area contributed by atoms with Gasteiger partial charge in [0.1, 0.15) is 5.76 Å². The Hall–Kier alpha value is -0.450. The number of morpholine rings is 1. The molecule has 0 amide bonds. The lowest BCUT2D eigenvalue weighted by molar-refractivity contribution is 0.0389. The minimum atomic E-state index is 0. The lowest BCUT2D eigenvalue weighted by atomic mass is 10.3. The van der Waals surface area contributed by atoms with Crippen LogP contribution in [-0.2, 0) is 11.2 Å². The van der Waals surface area contributed by atoms with E-state index < -0.39 is 0 Å². The lowest BCUT2D eigenvalue weighted by Gasteiger charge is -2.26. The van der Waals surface area contributed by atoms with Gasteiger partial charge in [-0.3, -0.25) is 9.89 Å². The van der Waals surface area contributed by atoms with E-state index in [1.54, 1.807) is 6.26 Å². The molecule has 0 aromatic carbocycles. The van der Waals surface area contributed by atoms with Crippen LogP contribution in [0, 0.1) is 0 Å². The molecule has 1 unspecified atom stereocenters. The standard InChI is InChI=1S/C17H30N4O2S.HI/c1-15(24-2)14-20-17(18-6-5-16-4-3-11-23-16)19-7-8-21-9-12-22-13-10-21;/h3-4,11,15H,5-10,12-14H2,1-2H3,(H2,18,19,20);1H. The van der Waals surface area contributed by atoms with Gasteiger partial charge < -0.3 is 19.8 Å². The van der Waals surface area contributed by atoms with Crippen molar-refractivity contribution in [3.8, 4) is 0 Å². The molecular weight excluding hydrogens is 451 g/mol. The van der Waals surface area contributed by atoms with Gasteiger partial charge in [-0.15, -0.1) is 24.0 Å². The van der Waals surface area contributed by atoms with Crippen LogP contribution in [0.5, 0.6) is 0 Å². The second-order valence-corrected chi connectivity index (χ2v) is 7.15. The zero-order valence-electron chi connectivity index (χ0n) is 15.2. The average Bonchev–Trinajstić information content (AvgIpc) is 3.13. The number of ether oxygens (including phenoxy) is 1. The molecular formula is C17H31IN4O2S. The summed E-state index contributed by atoms with van der Waals surface area (Å²) in [5.74, 6) is 1.88. The Morgan fingerprint density at radius 2 is 2.08 bits per heavy atom. The van der Waals surface area contributed by atoms with Gasteiger partial charge in [0.05, 0.1) is 26.0 Å². The SMILES string of the molecule is CSC(C)CN=C(NCCc1ccco1)NCCN1CCOCC1.I. The molecule has 25 heavy (non-hydrogen) atoms. The van der Waals surface area contributed by atoms with Gasteiger partial charge in [-0.25, -0.2) is 0 Å². The Morgan fingerprint density at radius 3 is 2.76 bits per heavy atom. The zero-order chi connectivity index (χ0) is 17.0. The average molecular weight is 482 g/mol. The highest BCUT2D eigenvalue weighted by atomic mass is 127. The van der Waals surface area contributed by atoms with Crippen molar-refractivity contribution in [3.63, 3.8) is 0 Å². The summed E-state index contributed by atoms with van der Waals surface area (Å²) in [7, 11) is 0. The molecule has 1 aliphatic heterocycles. The molecule has 0 aliphatic carbocycles. The summed E-state index contributed by atoms with van der Waals surface area (Å²) in [5, 5.41) is 7.37. The highest BCUT2D eigenvalue weighted by Gasteiger charge is 2.10. The maximum atomic E-state index is 5.38. The van der Waals surface area contributed by atoms with Crippen molar-refractivity contribution in [2.24, 2.45) is 4.99 Å². The Labute approximate surface area is 172 Å². The predicted octanol–water partition coefficient (Wildman–Crippen LogP) is 2.06. The predicted molar refractivity (Wildman–Crippen MR) is 116 cm³/mol. The van der Waals surface area contributed by atoms with E-state index in [2.05, 4.69) is 28.7 Å². The van der Waals surface area contributed by atoms with E-state index in [-0.39, 0.29) is 24.0 Å². The van der Waals surface area contributed by atoms with Crippen molar-refractivity contribution >= 4 is 41.7 Å². The molecule has 1 aromatic rings. The van der Waals surface area contributed by atoms with Crippen molar-refractivity contribution in [1.82, 2.24) is 15.5 Å². The number of nitrogens with zero attached hydrogens (tertiary/aromatic N) is 2. The number of halogens is 1. The summed E-state index contributed by atoms with van der Waals surface area (Å²) in [6, 6.07) is 3.92. The maximum absolute atomic E-state index is 5.38. The second kappa shape index (κ2) is 13.7. The number of aliphatic imine (C=N–C) groups is 1. The molecule has 2 rings (SSSR count). The van der Waals surface area contributed by atoms with Crippen molar-refractivity contribution in [3.05, 3.63) is 24.2 Å². The summed E-state index contributed by atoms with van der Waals surface area (Å²) in [6.45, 7) is 9.44. The Balaban J connectivity index is 0.00000312. The van der Waals surface area contributed by atoms with Gasteiger partial charge in [0, 0.05) is 44.4 Å². The molecule has 0 radical (unpaired) electrons. The van der Waals surface area contributed by atoms with E-state index in [4.69, 9.17) is 14.1 Å². The molecule has 6 nitrogen and oxygen atoms in total. The molecule has 0 saturated carbocycles. The van der Waals surface area contributed by atoms with E-state index >= 15 is 0 Å². The first-order valence-corrected chi connectivity index (χ1v) is 9.94. The molecule has 1 saturated heterocycles. The molecule has 144 valence electrons. The largest absolute Gasteiger partial charge is 0.469 e. The minimum absolute atomic E-state index is 0. The second-order valence-electron chi connectivity index (χ2n) is 5.87. The lowest BCUT2D eigenvalue weighted by Crippen LogP contribution is -2.45. The Kier molecular flexibility index (Phi) is 12.4. The van der Waals surface area contributed by atoms with Crippen molar-refractivity contribution in [1.29, 1.82) is 0 Å². The minimum Gasteiger partial charge on any atom is -0.469 e. The van der Waals surface area contributed by atoms with E-state index in [0.29, 0.717) is 5.25 Å². The first kappa shape index (κ1) is 22.6. The number of guanidine groups is 1. The van der Waals surface area contributed by atoms with E-state index in [1.807, 2.05) is 23.9 Å². The van der Waals surface area contributed by atoms with Crippen LogP contribution >= 0.6 is 35.7 Å². The van der Waals surface area contributed by atoms with Crippen LogP contribution in [0.2, 0.25) is 0 Å². The van der Waals surface area contributed by atoms with Crippen LogP contribution in [0.25, 0.3) is 0 Å². The number of hydrogen-bond donors (Lipinski definition) is 2. The number of thioether (sulfide) groups is 1. The van der Waals surface area contributed by atoms with Crippen LogP contribution in [-0.4, -0.2) is 74.8 Å². The van der Waals surface area contributed by atoms with Gasteiger partial charge in [-0.05, 0) is 18.4 Å². The molecule has 1 fully saturated rings. The first-order valence-electron chi connectivity index (χ1n) is 8.65. The van der Waals surface area contributed by atoms with Gasteiger partial charge in [0.2, 0.25) is 0 Å². The monoisotopic (exact) mass is 482 g/mol. The van der Waals surface area contributed by atoms with E-state index in [0.717, 1.165) is 70.6 Å². The highest BCUT2D eigenvalue weighted by molar-refractivity contribution is 14.0.